The molecule has 3 rings (SSSR count). The molecule has 5 heteroatoms. The molecule has 1 aliphatic rings. The van der Waals surface area contributed by atoms with Gasteiger partial charge >= 0.3 is 6.61 Å². The van der Waals surface area contributed by atoms with Crippen LogP contribution in [-0.2, 0) is 6.42 Å². The molecule has 0 saturated carbocycles. The van der Waals surface area contributed by atoms with Crippen LogP contribution in [-0.4, -0.2) is 18.7 Å². The zero-order chi connectivity index (χ0) is 18.5. The zero-order valence-electron chi connectivity index (χ0n) is 14.7. The van der Waals surface area contributed by atoms with Gasteiger partial charge in [-0.05, 0) is 47.1 Å². The molecule has 0 bridgehead atoms. The molecular formula is C21H21F2NO2. The van der Waals surface area contributed by atoms with Crippen molar-refractivity contribution in [1.82, 2.24) is 4.98 Å². The average molecular weight is 357 g/mol. The summed E-state index contributed by atoms with van der Waals surface area (Å²) in [5.74, 6) is 1.19. The van der Waals surface area contributed by atoms with Gasteiger partial charge in [0.05, 0.1) is 7.11 Å². The summed E-state index contributed by atoms with van der Waals surface area (Å²) in [6.45, 7) is -0.706. The number of aromatic nitrogens is 1. The first-order valence-corrected chi connectivity index (χ1v) is 8.50. The molecule has 1 aromatic carbocycles. The number of allylic oxidation sites excluding steroid dienone is 4. The lowest BCUT2D eigenvalue weighted by Crippen LogP contribution is -2.18. The van der Waals surface area contributed by atoms with Gasteiger partial charge in [0.15, 0.2) is 0 Å². The van der Waals surface area contributed by atoms with Gasteiger partial charge < -0.3 is 9.47 Å². The number of alkyl halides is 2. The summed E-state index contributed by atoms with van der Waals surface area (Å²) in [4.78, 5) is 4.28. The van der Waals surface area contributed by atoms with Gasteiger partial charge in [0.25, 0.3) is 0 Å². The minimum atomic E-state index is -2.83. The van der Waals surface area contributed by atoms with Crippen molar-refractivity contribution in [3.63, 3.8) is 0 Å². The second-order valence-corrected chi connectivity index (χ2v) is 6.25. The molecule has 2 atom stereocenters. The second-order valence-electron chi connectivity index (χ2n) is 6.25. The Labute approximate surface area is 152 Å². The van der Waals surface area contributed by atoms with E-state index in [9.17, 15) is 8.78 Å². The van der Waals surface area contributed by atoms with Crippen molar-refractivity contribution < 1.29 is 18.3 Å². The monoisotopic (exact) mass is 357 g/mol. The highest BCUT2D eigenvalue weighted by Crippen LogP contribution is 2.37. The molecule has 1 aromatic heterocycles. The number of benzene rings is 1. The standard InChI is InChI=1S/C21H21F2NO2/c1-14-6-5-8-17(16-10-11-20(25-2)24-13-16)18(14)12-15-7-3-4-9-19(15)26-21(22)23/h3-11,13-14,18,21H,12H2,1-2H3. The average Bonchev–Trinajstić information content (AvgIpc) is 2.64. The molecule has 0 spiro atoms. The highest BCUT2D eigenvalue weighted by molar-refractivity contribution is 5.70. The van der Waals surface area contributed by atoms with Crippen LogP contribution in [0.15, 0.2) is 60.8 Å². The van der Waals surface area contributed by atoms with Crippen molar-refractivity contribution in [3.05, 3.63) is 72.0 Å². The van der Waals surface area contributed by atoms with Crippen LogP contribution in [0.25, 0.3) is 5.57 Å². The topological polar surface area (TPSA) is 31.4 Å². The normalized spacial score (nSPS) is 19.3. The Bertz CT molecular complexity index is 800. The van der Waals surface area contributed by atoms with Crippen molar-refractivity contribution >= 4 is 5.57 Å². The summed E-state index contributed by atoms with van der Waals surface area (Å²) in [5, 5.41) is 0. The van der Waals surface area contributed by atoms with Gasteiger partial charge in [-0.2, -0.15) is 8.78 Å². The van der Waals surface area contributed by atoms with Crippen LogP contribution >= 0.6 is 0 Å². The van der Waals surface area contributed by atoms with Crippen molar-refractivity contribution in [3.8, 4) is 11.6 Å². The van der Waals surface area contributed by atoms with Gasteiger partial charge in [0, 0.05) is 12.3 Å². The van der Waals surface area contributed by atoms with E-state index in [1.165, 1.54) is 0 Å². The van der Waals surface area contributed by atoms with Crippen molar-refractivity contribution in [2.45, 2.75) is 20.0 Å². The molecular weight excluding hydrogens is 336 g/mol. The Morgan fingerprint density at radius 2 is 1.96 bits per heavy atom. The predicted molar refractivity (Wildman–Crippen MR) is 97.3 cm³/mol. The fourth-order valence-corrected chi connectivity index (χ4v) is 3.27. The summed E-state index contributed by atoms with van der Waals surface area (Å²) >= 11 is 0. The summed E-state index contributed by atoms with van der Waals surface area (Å²) in [6, 6.07) is 10.8. The molecule has 0 saturated heterocycles. The maximum Gasteiger partial charge on any atom is 0.387 e. The number of methoxy groups -OCH3 is 1. The Morgan fingerprint density at radius 1 is 1.15 bits per heavy atom. The number of para-hydroxylation sites is 1. The first kappa shape index (κ1) is 18.1. The molecule has 0 amide bonds. The number of nitrogens with zero attached hydrogens (tertiary/aromatic N) is 1. The molecule has 136 valence electrons. The van der Waals surface area contributed by atoms with E-state index in [1.807, 2.05) is 30.3 Å². The summed E-state index contributed by atoms with van der Waals surface area (Å²) < 4.78 is 35.2. The van der Waals surface area contributed by atoms with Gasteiger partial charge in [-0.3, -0.25) is 0 Å². The van der Waals surface area contributed by atoms with Crippen LogP contribution in [0.3, 0.4) is 0 Å². The van der Waals surface area contributed by atoms with Crippen molar-refractivity contribution in [1.29, 1.82) is 0 Å². The molecule has 0 fully saturated rings. The summed E-state index contributed by atoms with van der Waals surface area (Å²) in [6.07, 6.45) is 8.60. The number of hydrogen-bond donors (Lipinski definition) is 0. The molecule has 1 aliphatic carbocycles. The number of pyridine rings is 1. The molecule has 2 unspecified atom stereocenters. The van der Waals surface area contributed by atoms with Gasteiger partial charge in [-0.25, -0.2) is 4.98 Å². The maximum atomic E-state index is 12.7. The summed E-state index contributed by atoms with van der Waals surface area (Å²) in [7, 11) is 1.58. The van der Waals surface area contributed by atoms with Crippen LogP contribution < -0.4 is 9.47 Å². The third-order valence-corrected chi connectivity index (χ3v) is 4.63. The lowest BCUT2D eigenvalue weighted by atomic mass is 9.77. The van der Waals surface area contributed by atoms with Crippen LogP contribution in [0.5, 0.6) is 11.6 Å². The van der Waals surface area contributed by atoms with Gasteiger partial charge in [-0.1, -0.05) is 43.4 Å². The quantitative estimate of drug-likeness (QED) is 0.717. The van der Waals surface area contributed by atoms with E-state index in [-0.39, 0.29) is 17.6 Å². The molecule has 26 heavy (non-hydrogen) atoms. The zero-order valence-corrected chi connectivity index (χ0v) is 14.7. The fraction of sp³-hybridized carbons (Fsp3) is 0.286. The molecule has 2 aromatic rings. The SMILES string of the molecule is COc1ccc(C2=CC=CC(C)C2Cc2ccccc2OC(F)F)cn1. The Balaban J connectivity index is 1.89. The van der Waals surface area contributed by atoms with E-state index in [0.717, 1.165) is 16.7 Å². The van der Waals surface area contributed by atoms with Gasteiger partial charge in [-0.15, -0.1) is 0 Å². The third-order valence-electron chi connectivity index (χ3n) is 4.63. The second kappa shape index (κ2) is 8.13. The van der Waals surface area contributed by atoms with Crippen LogP contribution in [0, 0.1) is 11.8 Å². The highest BCUT2D eigenvalue weighted by Gasteiger charge is 2.25. The molecule has 0 N–H and O–H groups in total. The predicted octanol–water partition coefficient (Wildman–Crippen LogP) is 5.14. The van der Waals surface area contributed by atoms with E-state index in [1.54, 1.807) is 25.4 Å². The van der Waals surface area contributed by atoms with Crippen LogP contribution in [0.2, 0.25) is 0 Å². The third kappa shape index (κ3) is 4.10. The van der Waals surface area contributed by atoms with E-state index >= 15 is 0 Å². The number of halogens is 2. The minimum absolute atomic E-state index is 0.137. The van der Waals surface area contributed by atoms with Gasteiger partial charge in [0.2, 0.25) is 5.88 Å². The number of ether oxygens (including phenoxy) is 2. The highest BCUT2D eigenvalue weighted by atomic mass is 19.3. The van der Waals surface area contributed by atoms with Crippen molar-refractivity contribution in [2.24, 2.45) is 11.8 Å². The van der Waals surface area contributed by atoms with E-state index < -0.39 is 6.61 Å². The number of hydrogen-bond acceptors (Lipinski definition) is 3. The Morgan fingerprint density at radius 3 is 2.65 bits per heavy atom. The maximum absolute atomic E-state index is 12.7. The van der Waals surface area contributed by atoms with E-state index in [2.05, 4.69) is 24.1 Å². The molecule has 1 heterocycles. The Hall–Kier alpha value is -2.69. The lowest BCUT2D eigenvalue weighted by Gasteiger charge is -2.28. The van der Waals surface area contributed by atoms with Gasteiger partial charge in [0.1, 0.15) is 5.75 Å². The molecule has 0 radical (unpaired) electrons. The first-order valence-electron chi connectivity index (χ1n) is 8.50. The smallest absolute Gasteiger partial charge is 0.387 e. The Kier molecular flexibility index (Phi) is 5.66. The van der Waals surface area contributed by atoms with E-state index in [0.29, 0.717) is 12.3 Å². The lowest BCUT2D eigenvalue weighted by molar-refractivity contribution is -0.0505. The van der Waals surface area contributed by atoms with Crippen LogP contribution in [0.4, 0.5) is 8.78 Å². The largest absolute Gasteiger partial charge is 0.481 e. The molecule has 3 nitrogen and oxygen atoms in total. The number of rotatable bonds is 6. The first-order chi connectivity index (χ1) is 12.6. The summed E-state index contributed by atoms with van der Waals surface area (Å²) in [5.41, 5.74) is 2.90. The minimum Gasteiger partial charge on any atom is -0.481 e. The van der Waals surface area contributed by atoms with Crippen LogP contribution in [0.1, 0.15) is 18.1 Å². The fourth-order valence-electron chi connectivity index (χ4n) is 3.27. The van der Waals surface area contributed by atoms with Crippen molar-refractivity contribution in [2.75, 3.05) is 7.11 Å². The molecule has 0 aliphatic heterocycles. The van der Waals surface area contributed by atoms with E-state index in [4.69, 9.17) is 9.47 Å².